The number of aliphatic carboxylic acids is 2. The number of aromatic amines is 3. The van der Waals surface area contributed by atoms with Gasteiger partial charge in [-0.25, -0.2) is 4.79 Å². The summed E-state index contributed by atoms with van der Waals surface area (Å²) < 4.78 is 0. The van der Waals surface area contributed by atoms with Crippen molar-refractivity contribution in [2.24, 2.45) is 35.0 Å². The van der Waals surface area contributed by atoms with E-state index >= 15 is 24.0 Å². The summed E-state index contributed by atoms with van der Waals surface area (Å²) in [5.74, 6) is -16.6. The zero-order chi connectivity index (χ0) is 101. The van der Waals surface area contributed by atoms with Crippen LogP contribution in [0.5, 0.6) is 11.5 Å². The molecule has 0 unspecified atom stereocenters. The molecule has 0 spiro atoms. The minimum absolute atomic E-state index is 0.0165. The Labute approximate surface area is 798 Å². The normalized spacial score (nSPS) is 15.6. The van der Waals surface area contributed by atoms with Crippen molar-refractivity contribution in [3.05, 3.63) is 168 Å². The number of hydrogen-bond donors (Lipinski definition) is 25. The number of carboxylic acids is 2. The van der Waals surface area contributed by atoms with E-state index in [2.05, 4.69) is 84.1 Å². The summed E-state index contributed by atoms with van der Waals surface area (Å²) in [5, 5.41) is 97.1. The number of nitrogens with zero attached hydrogens (tertiary/aromatic N) is 1. The van der Waals surface area contributed by atoms with E-state index in [1.54, 1.807) is 127 Å². The van der Waals surface area contributed by atoms with Crippen LogP contribution in [-0.2, 0) is 104 Å². The van der Waals surface area contributed by atoms with Crippen molar-refractivity contribution in [1.82, 2.24) is 89.0 Å². The third kappa shape index (κ3) is 31.8. The first-order valence-corrected chi connectivity index (χ1v) is 46.5. The second-order valence-electron chi connectivity index (χ2n) is 36.4. The molecule has 1 fully saturated rings. The highest BCUT2D eigenvalue weighted by atomic mass is 16.4. The van der Waals surface area contributed by atoms with Gasteiger partial charge in [-0.1, -0.05) is 120 Å². The van der Waals surface area contributed by atoms with Crippen molar-refractivity contribution in [2.75, 3.05) is 19.6 Å². The molecule has 3 aromatic heterocycles. The Hall–Kier alpha value is -14.5. The fourth-order valence-corrected chi connectivity index (χ4v) is 16.6. The van der Waals surface area contributed by atoms with E-state index in [1.165, 1.54) is 62.4 Å². The number of nitrogens with one attached hydrogen (secondary N) is 17. The highest BCUT2D eigenvalue weighted by molar-refractivity contribution is 6.02. The Morgan fingerprint density at radius 2 is 0.768 bits per heavy atom. The van der Waals surface area contributed by atoms with Gasteiger partial charge in [0.25, 0.3) is 0 Å². The first-order chi connectivity index (χ1) is 65.6. The standard InChI is InChI=1S/C97H131N21O20/c1-51(2)39-71(86(127)106-70(26-17-37-102-97(100)101)85(126)116-79(96(137)138)46-60-50-105-68-24-14-11-21-65(60)68)110-90(131)76(44-58-48-103-66-22-12-9-19-63(58)66)112-87(128)72(40-52(3)4)109-84(125)69(25-15-16-36-98)107-94(135)82(55(8)119)117-92(133)73(41-53(5)6)114-93(134)80-27-18-38-118(80)95(136)78(47-81(122)123)115-89(130)75(43-57-30-34-62(121)35-31-57)111-91(132)77(45-59-49-104-67-23-13-10-20-64(59)67)113-88(129)74(108-83(124)54(7)99)42-56-28-32-61(120)33-29-56/h9-14,19-24,28-35,48-55,69-80,82,103-105,119-121H,15-18,25-27,36-47,98-99H2,1-8H3,(H,106,127)(H,107,135)(H,108,124)(H,109,125)(H,110,131)(H,111,132)(H,112,128)(H,113,129)(H,114,134)(H,115,130)(H,116,126)(H,117,133)(H,122,123)(H,137,138)(H4,100,101,102)/t54-,55+,69-,70-,71-,72-,73-,74-,75-,76-,77-,78-,79-,80-,82-/m0/s1. The van der Waals surface area contributed by atoms with E-state index in [0.29, 0.717) is 56.0 Å². The third-order valence-corrected chi connectivity index (χ3v) is 23.7. The molecule has 1 aliphatic rings. The molecule has 0 radical (unpaired) electrons. The van der Waals surface area contributed by atoms with Crippen LogP contribution < -0.4 is 86.3 Å². The summed E-state index contributed by atoms with van der Waals surface area (Å²) in [4.78, 5) is 228. The van der Waals surface area contributed by atoms with E-state index in [1.807, 2.05) is 6.07 Å². The Bertz CT molecular complexity index is 5580. The van der Waals surface area contributed by atoms with Crippen molar-refractivity contribution < 1.29 is 97.5 Å². The van der Waals surface area contributed by atoms with Gasteiger partial charge in [0.1, 0.15) is 90.0 Å². The van der Waals surface area contributed by atoms with E-state index in [-0.39, 0.29) is 145 Å². The molecule has 744 valence electrons. The molecule has 0 aliphatic carbocycles. The van der Waals surface area contributed by atoms with Gasteiger partial charge in [0, 0.05) is 96.5 Å². The number of guanidine groups is 1. The van der Waals surface area contributed by atoms with Crippen LogP contribution in [0.4, 0.5) is 0 Å². The van der Waals surface area contributed by atoms with Crippen molar-refractivity contribution >= 4 is 127 Å². The van der Waals surface area contributed by atoms with Crippen molar-refractivity contribution in [3.63, 3.8) is 0 Å². The fourth-order valence-electron chi connectivity index (χ4n) is 16.6. The first-order valence-electron chi connectivity index (χ1n) is 46.5. The van der Waals surface area contributed by atoms with Crippen molar-refractivity contribution in [1.29, 1.82) is 5.41 Å². The molecule has 138 heavy (non-hydrogen) atoms. The van der Waals surface area contributed by atoms with E-state index in [4.69, 9.17) is 22.6 Å². The van der Waals surface area contributed by atoms with Crippen LogP contribution in [0.15, 0.2) is 140 Å². The lowest BCUT2D eigenvalue weighted by Crippen LogP contribution is -2.62. The molecular formula is C97H131N21O20. The van der Waals surface area contributed by atoms with Crippen LogP contribution in [0.2, 0.25) is 0 Å². The summed E-state index contributed by atoms with van der Waals surface area (Å²) in [5.41, 5.74) is 22.0. The van der Waals surface area contributed by atoms with Crippen LogP contribution in [-0.4, -0.2) is 250 Å². The van der Waals surface area contributed by atoms with Gasteiger partial charge >= 0.3 is 11.9 Å². The summed E-state index contributed by atoms with van der Waals surface area (Å²) in [7, 11) is 0. The van der Waals surface area contributed by atoms with Crippen LogP contribution in [0.1, 0.15) is 154 Å². The molecule has 9 rings (SSSR count). The summed E-state index contributed by atoms with van der Waals surface area (Å²) in [6, 6.07) is 11.6. The fraction of sp³-hybridized carbons (Fsp3) is 0.464. The molecule has 41 heteroatoms. The zero-order valence-corrected chi connectivity index (χ0v) is 78.6. The summed E-state index contributed by atoms with van der Waals surface area (Å²) >= 11 is 0. The SMILES string of the molecule is CC(C)C[C@H](NC(=O)[C@H](Cc1c[nH]c2ccccc12)NC(=O)[C@H](CC(C)C)NC(=O)[C@H](CCCCN)NC(=O)[C@@H](NC(=O)[C@H](CC(C)C)NC(=O)[C@@H]1CCCN1C(=O)[C@H](CC(=O)O)NC(=O)[C@H](Cc1ccc(O)cc1)NC(=O)[C@H](Cc1c[nH]c2ccccc12)NC(=O)[C@H](Cc1ccc(O)cc1)NC(=O)[C@H](C)N)[C@@H](C)O)C(=O)N[C@@H](CCCNC(=N)N)C(=O)N[C@@H](Cc1c[nH]c2ccccc12)C(=O)O. The number of unbranched alkanes of at least 4 members (excludes halogenated alkanes) is 1. The molecule has 1 aliphatic heterocycles. The topological polar surface area (TPSA) is 666 Å². The number of fused-ring (bicyclic) bond motifs is 3. The molecule has 0 bridgehead atoms. The van der Waals surface area contributed by atoms with Gasteiger partial charge in [-0.2, -0.15) is 0 Å². The second kappa shape index (κ2) is 51.5. The predicted molar refractivity (Wildman–Crippen MR) is 513 cm³/mol. The van der Waals surface area contributed by atoms with Gasteiger partial charge in [-0.3, -0.25) is 72.5 Å². The number of rotatable bonds is 53. The molecule has 5 aromatic carbocycles. The van der Waals surface area contributed by atoms with Gasteiger partial charge in [-0.15, -0.1) is 0 Å². The second-order valence-corrected chi connectivity index (χ2v) is 36.4. The lowest BCUT2D eigenvalue weighted by molar-refractivity contribution is -0.146. The van der Waals surface area contributed by atoms with Gasteiger partial charge in [0.2, 0.25) is 76.8 Å². The van der Waals surface area contributed by atoms with Crippen LogP contribution in [0.25, 0.3) is 32.7 Å². The average Bonchev–Trinajstić information content (AvgIpc) is 1.70. The molecule has 1 saturated heterocycles. The van der Waals surface area contributed by atoms with Gasteiger partial charge in [-0.05, 0) is 173 Å². The number of aliphatic hydroxyl groups excluding tert-OH is 1. The molecule has 28 N–H and O–H groups in total. The molecular weight excluding hydrogens is 1780 g/mol. The lowest BCUT2D eigenvalue weighted by Gasteiger charge is -2.31. The van der Waals surface area contributed by atoms with Crippen LogP contribution in [0, 0.1) is 23.2 Å². The Morgan fingerprint density at radius 3 is 1.17 bits per heavy atom. The number of para-hydroxylation sites is 3. The van der Waals surface area contributed by atoms with Gasteiger partial charge < -0.3 is 132 Å². The molecule has 0 saturated carbocycles. The number of phenols is 2. The Balaban J connectivity index is 0.905. The Kier molecular flexibility index (Phi) is 40.0. The van der Waals surface area contributed by atoms with E-state index in [0.717, 1.165) is 15.8 Å². The smallest absolute Gasteiger partial charge is 0.326 e. The number of carbonyl (C=O) groups excluding carboxylic acids is 13. The molecule has 13 amide bonds. The van der Waals surface area contributed by atoms with E-state index < -0.39 is 186 Å². The maximum atomic E-state index is 15.2. The molecule has 41 nitrogen and oxygen atoms in total. The number of aliphatic hydroxyl groups is 1. The van der Waals surface area contributed by atoms with Gasteiger partial charge in [0.15, 0.2) is 5.96 Å². The maximum Gasteiger partial charge on any atom is 0.326 e. The average molecular weight is 1910 g/mol. The number of nitrogens with two attached hydrogens (primary N) is 3. The quantitative estimate of drug-likeness (QED) is 0.0146. The molecule has 8 aromatic rings. The van der Waals surface area contributed by atoms with Crippen LogP contribution >= 0.6 is 0 Å². The summed E-state index contributed by atoms with van der Waals surface area (Å²) in [6.45, 7) is 13.2. The highest BCUT2D eigenvalue weighted by Crippen LogP contribution is 2.27. The van der Waals surface area contributed by atoms with Crippen LogP contribution in [0.3, 0.4) is 0 Å². The minimum Gasteiger partial charge on any atom is -0.508 e. The molecule has 15 atom stereocenters. The number of carboxylic acid groups (broad SMARTS) is 2. The van der Waals surface area contributed by atoms with E-state index in [9.17, 15) is 73.5 Å². The number of hydrogen-bond acceptors (Lipinski definition) is 21. The molecule has 4 heterocycles. The number of amides is 13. The van der Waals surface area contributed by atoms with Gasteiger partial charge in [0.05, 0.1) is 18.6 Å². The maximum absolute atomic E-state index is 15.2. The third-order valence-electron chi connectivity index (χ3n) is 23.7. The first kappa shape index (κ1) is 107. The minimum atomic E-state index is -1.94. The van der Waals surface area contributed by atoms with Crippen molar-refractivity contribution in [2.45, 2.75) is 249 Å². The number of carbonyl (C=O) groups is 15. The highest BCUT2D eigenvalue weighted by Gasteiger charge is 2.44. The Morgan fingerprint density at radius 1 is 0.420 bits per heavy atom. The lowest BCUT2D eigenvalue weighted by atomic mass is 9.98. The number of H-pyrrole nitrogens is 3. The number of phenolic OH excluding ortho intramolecular Hbond substituents is 2. The van der Waals surface area contributed by atoms with Crippen molar-refractivity contribution in [3.8, 4) is 11.5 Å². The zero-order valence-electron chi connectivity index (χ0n) is 78.6. The predicted octanol–water partition coefficient (Wildman–Crippen LogP) is 1.68. The number of likely N-dealkylation sites (tertiary alicyclic amines) is 1. The number of aromatic hydroxyl groups is 2. The largest absolute Gasteiger partial charge is 0.508 e. The number of benzene rings is 5. The number of aromatic nitrogens is 3. The monoisotopic (exact) mass is 1910 g/mol. The summed E-state index contributed by atoms with van der Waals surface area (Å²) in [6.07, 6.45) is 1.46.